The first-order valence-corrected chi connectivity index (χ1v) is 5.99. The predicted octanol–water partition coefficient (Wildman–Crippen LogP) is 0.995. The Balaban J connectivity index is 2.04. The number of rotatable bonds is 5. The molecular formula is C13H15N3O3. The van der Waals surface area contributed by atoms with Crippen LogP contribution in [0.3, 0.4) is 0 Å². The number of carbonyl (C=O) groups is 1. The van der Waals surface area contributed by atoms with Crippen LogP contribution in [-0.2, 0) is 17.9 Å². The lowest BCUT2D eigenvalue weighted by Gasteiger charge is -2.04. The van der Waals surface area contributed by atoms with Crippen molar-refractivity contribution in [3.63, 3.8) is 0 Å². The van der Waals surface area contributed by atoms with Gasteiger partial charge in [0.1, 0.15) is 5.69 Å². The van der Waals surface area contributed by atoms with E-state index >= 15 is 0 Å². The van der Waals surface area contributed by atoms with Crippen LogP contribution in [0, 0.1) is 0 Å². The SMILES string of the molecule is CCOC(=O)c1ccc(Cn2cc(CO)nn2)cc1. The Kier molecular flexibility index (Phi) is 4.25. The van der Waals surface area contributed by atoms with Crippen LogP contribution in [0.25, 0.3) is 0 Å². The Morgan fingerprint density at radius 1 is 1.37 bits per heavy atom. The van der Waals surface area contributed by atoms with Gasteiger partial charge < -0.3 is 9.84 Å². The van der Waals surface area contributed by atoms with E-state index in [1.807, 2.05) is 12.1 Å². The maximum Gasteiger partial charge on any atom is 0.338 e. The highest BCUT2D eigenvalue weighted by Crippen LogP contribution is 2.07. The normalized spacial score (nSPS) is 10.4. The predicted molar refractivity (Wildman–Crippen MR) is 67.4 cm³/mol. The van der Waals surface area contributed by atoms with Gasteiger partial charge in [-0.15, -0.1) is 5.10 Å². The number of benzene rings is 1. The summed E-state index contributed by atoms with van der Waals surface area (Å²) < 4.78 is 6.54. The highest BCUT2D eigenvalue weighted by molar-refractivity contribution is 5.89. The maximum absolute atomic E-state index is 11.5. The summed E-state index contributed by atoms with van der Waals surface area (Å²) in [6.07, 6.45) is 1.68. The fourth-order valence-corrected chi connectivity index (χ4v) is 1.64. The zero-order valence-electron chi connectivity index (χ0n) is 10.6. The Morgan fingerprint density at radius 2 is 2.11 bits per heavy atom. The van der Waals surface area contributed by atoms with Crippen molar-refractivity contribution in [1.29, 1.82) is 0 Å². The number of aliphatic hydroxyl groups excluding tert-OH is 1. The molecule has 2 rings (SSSR count). The van der Waals surface area contributed by atoms with E-state index < -0.39 is 0 Å². The molecule has 100 valence electrons. The molecule has 0 unspecified atom stereocenters. The van der Waals surface area contributed by atoms with Crippen LogP contribution in [0.15, 0.2) is 30.5 Å². The number of esters is 1. The molecule has 0 radical (unpaired) electrons. The van der Waals surface area contributed by atoms with Gasteiger partial charge in [-0.25, -0.2) is 9.48 Å². The van der Waals surface area contributed by atoms with Gasteiger partial charge >= 0.3 is 5.97 Å². The molecule has 1 heterocycles. The van der Waals surface area contributed by atoms with Gasteiger partial charge in [-0.1, -0.05) is 17.3 Å². The fourth-order valence-electron chi connectivity index (χ4n) is 1.64. The summed E-state index contributed by atoms with van der Waals surface area (Å²) in [7, 11) is 0. The minimum absolute atomic E-state index is 0.123. The van der Waals surface area contributed by atoms with Crippen LogP contribution in [0.5, 0.6) is 0 Å². The summed E-state index contributed by atoms with van der Waals surface area (Å²) in [5.74, 6) is -0.322. The summed E-state index contributed by atoms with van der Waals surface area (Å²) >= 11 is 0. The molecule has 0 fully saturated rings. The van der Waals surface area contributed by atoms with Crippen molar-refractivity contribution in [3.8, 4) is 0 Å². The summed E-state index contributed by atoms with van der Waals surface area (Å²) in [6, 6.07) is 7.12. The summed E-state index contributed by atoms with van der Waals surface area (Å²) in [5.41, 5.74) is 2.05. The summed E-state index contributed by atoms with van der Waals surface area (Å²) in [4.78, 5) is 11.5. The number of hydrogen-bond donors (Lipinski definition) is 1. The van der Waals surface area contributed by atoms with Crippen LogP contribution >= 0.6 is 0 Å². The van der Waals surface area contributed by atoms with E-state index in [2.05, 4.69) is 10.3 Å². The van der Waals surface area contributed by atoms with Gasteiger partial charge in [0, 0.05) is 0 Å². The molecule has 1 aromatic heterocycles. The number of carbonyl (C=O) groups excluding carboxylic acids is 1. The van der Waals surface area contributed by atoms with E-state index in [-0.39, 0.29) is 12.6 Å². The molecule has 19 heavy (non-hydrogen) atoms. The lowest BCUT2D eigenvalue weighted by molar-refractivity contribution is 0.0526. The van der Waals surface area contributed by atoms with Gasteiger partial charge in [-0.3, -0.25) is 0 Å². The molecule has 0 aliphatic carbocycles. The first-order valence-electron chi connectivity index (χ1n) is 5.99. The quantitative estimate of drug-likeness (QED) is 0.812. The Labute approximate surface area is 110 Å². The van der Waals surface area contributed by atoms with E-state index in [1.54, 1.807) is 29.9 Å². The highest BCUT2D eigenvalue weighted by atomic mass is 16.5. The standard InChI is InChI=1S/C13H15N3O3/c1-2-19-13(18)11-5-3-10(4-6-11)7-16-8-12(9-17)14-15-16/h3-6,8,17H,2,7,9H2,1H3. The monoisotopic (exact) mass is 261 g/mol. The van der Waals surface area contributed by atoms with Crippen molar-refractivity contribution in [2.24, 2.45) is 0 Å². The van der Waals surface area contributed by atoms with E-state index in [9.17, 15) is 4.79 Å². The smallest absolute Gasteiger partial charge is 0.338 e. The molecule has 0 saturated carbocycles. The molecule has 0 bridgehead atoms. The number of hydrogen-bond acceptors (Lipinski definition) is 5. The number of aromatic nitrogens is 3. The van der Waals surface area contributed by atoms with Gasteiger partial charge in [0.05, 0.1) is 31.5 Å². The van der Waals surface area contributed by atoms with Crippen molar-refractivity contribution < 1.29 is 14.6 Å². The first-order chi connectivity index (χ1) is 9.22. The zero-order valence-corrected chi connectivity index (χ0v) is 10.6. The minimum atomic E-state index is -0.322. The molecular weight excluding hydrogens is 246 g/mol. The van der Waals surface area contributed by atoms with Gasteiger partial charge in [-0.05, 0) is 24.6 Å². The van der Waals surface area contributed by atoms with Crippen LogP contribution in [0.1, 0.15) is 28.5 Å². The van der Waals surface area contributed by atoms with E-state index in [4.69, 9.17) is 9.84 Å². The molecule has 1 N–H and O–H groups in total. The maximum atomic E-state index is 11.5. The van der Waals surface area contributed by atoms with E-state index in [1.165, 1.54) is 0 Å². The molecule has 0 spiro atoms. The van der Waals surface area contributed by atoms with Crippen molar-refractivity contribution in [2.45, 2.75) is 20.1 Å². The van der Waals surface area contributed by atoms with Crippen molar-refractivity contribution in [1.82, 2.24) is 15.0 Å². The lowest BCUT2D eigenvalue weighted by Crippen LogP contribution is -2.05. The average molecular weight is 261 g/mol. The van der Waals surface area contributed by atoms with Crippen molar-refractivity contribution in [3.05, 3.63) is 47.3 Å². The molecule has 0 aliphatic rings. The first kappa shape index (κ1) is 13.2. The number of nitrogens with zero attached hydrogens (tertiary/aromatic N) is 3. The highest BCUT2D eigenvalue weighted by Gasteiger charge is 2.06. The molecule has 0 amide bonds. The van der Waals surface area contributed by atoms with Gasteiger partial charge in [0.25, 0.3) is 0 Å². The van der Waals surface area contributed by atoms with E-state index in [0.717, 1.165) is 5.56 Å². The lowest BCUT2D eigenvalue weighted by atomic mass is 10.1. The zero-order chi connectivity index (χ0) is 13.7. The van der Waals surface area contributed by atoms with Gasteiger partial charge in [0.15, 0.2) is 0 Å². The van der Waals surface area contributed by atoms with Crippen LogP contribution < -0.4 is 0 Å². The topological polar surface area (TPSA) is 77.2 Å². The molecule has 6 heteroatoms. The third kappa shape index (κ3) is 3.38. The second-order valence-electron chi connectivity index (χ2n) is 3.98. The Morgan fingerprint density at radius 3 is 2.68 bits per heavy atom. The molecule has 0 saturated heterocycles. The third-order valence-corrected chi connectivity index (χ3v) is 2.56. The van der Waals surface area contributed by atoms with Gasteiger partial charge in [-0.2, -0.15) is 0 Å². The van der Waals surface area contributed by atoms with Crippen LogP contribution in [0.2, 0.25) is 0 Å². The molecule has 1 aromatic carbocycles. The Hall–Kier alpha value is -2.21. The van der Waals surface area contributed by atoms with Gasteiger partial charge in [0.2, 0.25) is 0 Å². The molecule has 6 nitrogen and oxygen atoms in total. The Bertz CT molecular complexity index is 549. The van der Waals surface area contributed by atoms with Crippen LogP contribution in [0.4, 0.5) is 0 Å². The van der Waals surface area contributed by atoms with E-state index in [0.29, 0.717) is 24.4 Å². The second kappa shape index (κ2) is 6.10. The second-order valence-corrected chi connectivity index (χ2v) is 3.98. The van der Waals surface area contributed by atoms with Crippen molar-refractivity contribution in [2.75, 3.05) is 6.61 Å². The summed E-state index contributed by atoms with van der Waals surface area (Å²) in [5, 5.41) is 16.6. The fraction of sp³-hybridized carbons (Fsp3) is 0.308. The minimum Gasteiger partial charge on any atom is -0.462 e. The van der Waals surface area contributed by atoms with Crippen LogP contribution in [-0.4, -0.2) is 32.7 Å². The molecule has 2 aromatic rings. The number of ether oxygens (including phenoxy) is 1. The third-order valence-electron chi connectivity index (χ3n) is 2.56. The largest absolute Gasteiger partial charge is 0.462 e. The van der Waals surface area contributed by atoms with Crippen molar-refractivity contribution >= 4 is 5.97 Å². The number of aliphatic hydroxyl groups is 1. The average Bonchev–Trinajstić information content (AvgIpc) is 2.87. The molecule has 0 aliphatic heterocycles. The summed E-state index contributed by atoms with van der Waals surface area (Å²) in [6.45, 7) is 2.55. The molecule has 0 atom stereocenters.